The molecule has 5 nitrogen and oxygen atoms in total. The van der Waals surface area contributed by atoms with Gasteiger partial charge < -0.3 is 14.9 Å². The lowest BCUT2D eigenvalue weighted by molar-refractivity contribution is 0.124. The van der Waals surface area contributed by atoms with Gasteiger partial charge in [0.05, 0.1) is 17.6 Å². The lowest BCUT2D eigenvalue weighted by atomic mass is 10.2. The third-order valence-corrected chi connectivity index (χ3v) is 5.11. The van der Waals surface area contributed by atoms with Gasteiger partial charge in [0, 0.05) is 38.1 Å². The molecule has 3 aromatic rings. The topological polar surface area (TPSA) is 51.0 Å². The zero-order chi connectivity index (χ0) is 16.9. The van der Waals surface area contributed by atoms with Crippen molar-refractivity contribution in [3.05, 3.63) is 54.1 Å². The van der Waals surface area contributed by atoms with Crippen LogP contribution in [0, 0.1) is 0 Å². The number of rotatable bonds is 7. The van der Waals surface area contributed by atoms with Crippen LogP contribution in [0.1, 0.15) is 24.4 Å². The van der Waals surface area contributed by atoms with Crippen LogP contribution in [0.15, 0.2) is 42.6 Å². The molecule has 25 heavy (non-hydrogen) atoms. The van der Waals surface area contributed by atoms with E-state index in [9.17, 15) is 0 Å². The van der Waals surface area contributed by atoms with Crippen molar-refractivity contribution < 1.29 is 0 Å². The van der Waals surface area contributed by atoms with E-state index in [1.807, 2.05) is 12.3 Å². The van der Waals surface area contributed by atoms with E-state index >= 15 is 0 Å². The van der Waals surface area contributed by atoms with Gasteiger partial charge >= 0.3 is 0 Å². The molecule has 0 spiro atoms. The molecular formula is C20H27N5. The summed E-state index contributed by atoms with van der Waals surface area (Å²) in [5, 5.41) is 0. The predicted molar refractivity (Wildman–Crippen MR) is 102 cm³/mol. The quantitative estimate of drug-likeness (QED) is 0.652. The predicted octanol–water partition coefficient (Wildman–Crippen LogP) is 3.03. The van der Waals surface area contributed by atoms with E-state index in [-0.39, 0.29) is 0 Å². The first kappa shape index (κ1) is 16.4. The average Bonchev–Trinajstić information content (AvgIpc) is 3.29. The van der Waals surface area contributed by atoms with E-state index in [4.69, 9.17) is 4.98 Å². The number of unbranched alkanes of at least 4 members (excludes halogenated alkanes) is 1. The Morgan fingerprint density at radius 2 is 1.76 bits per heavy atom. The summed E-state index contributed by atoms with van der Waals surface area (Å²) in [5.41, 5.74) is 3.56. The minimum atomic E-state index is 0.926. The molecule has 2 N–H and O–H groups in total. The lowest BCUT2D eigenvalue weighted by Gasteiger charge is -2.34. The van der Waals surface area contributed by atoms with E-state index in [1.54, 1.807) is 0 Å². The van der Waals surface area contributed by atoms with E-state index in [1.165, 1.54) is 44.6 Å². The number of nitrogens with one attached hydrogen (secondary N) is 2. The number of aromatic nitrogens is 3. The normalized spacial score (nSPS) is 16.6. The Hall–Kier alpha value is -2.11. The van der Waals surface area contributed by atoms with E-state index in [0.717, 1.165) is 36.5 Å². The molecule has 0 saturated carbocycles. The molecule has 0 aliphatic carbocycles. The SMILES string of the molecule is c1c[nH]c(CCCCN2CCN(Cc3nc4ccccc4[nH]3)CC2)c1. The molecule has 3 heterocycles. The summed E-state index contributed by atoms with van der Waals surface area (Å²) in [7, 11) is 0. The molecule has 0 amide bonds. The monoisotopic (exact) mass is 337 g/mol. The minimum absolute atomic E-state index is 0.926. The Bertz CT molecular complexity index is 735. The van der Waals surface area contributed by atoms with Gasteiger partial charge in [-0.1, -0.05) is 12.1 Å². The highest BCUT2D eigenvalue weighted by Crippen LogP contribution is 2.13. The van der Waals surface area contributed by atoms with Gasteiger partial charge in [0.2, 0.25) is 0 Å². The largest absolute Gasteiger partial charge is 0.365 e. The van der Waals surface area contributed by atoms with Crippen LogP contribution < -0.4 is 0 Å². The maximum atomic E-state index is 4.70. The lowest BCUT2D eigenvalue weighted by Crippen LogP contribution is -2.46. The van der Waals surface area contributed by atoms with Crippen LogP contribution in [-0.2, 0) is 13.0 Å². The maximum absolute atomic E-state index is 4.70. The second kappa shape index (κ2) is 7.85. The fourth-order valence-electron chi connectivity index (χ4n) is 3.64. The molecule has 1 aliphatic heterocycles. The summed E-state index contributed by atoms with van der Waals surface area (Å²) in [4.78, 5) is 16.5. The highest BCUT2D eigenvalue weighted by Gasteiger charge is 2.17. The van der Waals surface area contributed by atoms with Crippen LogP contribution in [0.25, 0.3) is 11.0 Å². The number of aryl methyl sites for hydroxylation is 1. The molecule has 132 valence electrons. The van der Waals surface area contributed by atoms with Crippen molar-refractivity contribution in [2.75, 3.05) is 32.7 Å². The summed E-state index contributed by atoms with van der Waals surface area (Å²) < 4.78 is 0. The van der Waals surface area contributed by atoms with Crippen LogP contribution in [0.5, 0.6) is 0 Å². The summed E-state index contributed by atoms with van der Waals surface area (Å²) in [6.45, 7) is 6.75. The third kappa shape index (κ3) is 4.30. The molecule has 4 rings (SSSR count). The Balaban J connectivity index is 1.18. The molecule has 0 atom stereocenters. The standard InChI is InChI=1S/C20H27N5/c1-2-9-19-18(8-1)22-20(23-19)16-25-14-12-24(13-15-25)11-4-3-6-17-7-5-10-21-17/h1-2,5,7-10,21H,3-4,6,11-16H2,(H,22,23). The fourth-order valence-corrected chi connectivity index (χ4v) is 3.64. The first-order valence-electron chi connectivity index (χ1n) is 9.37. The second-order valence-corrected chi connectivity index (χ2v) is 6.97. The van der Waals surface area contributed by atoms with Gasteiger partial charge in [-0.05, 0) is 50.1 Å². The van der Waals surface area contributed by atoms with Crippen LogP contribution in [0.4, 0.5) is 0 Å². The van der Waals surface area contributed by atoms with Gasteiger partial charge in [-0.2, -0.15) is 0 Å². The number of hydrogen-bond donors (Lipinski definition) is 2. The average molecular weight is 337 g/mol. The second-order valence-electron chi connectivity index (χ2n) is 6.97. The van der Waals surface area contributed by atoms with E-state index in [2.05, 4.69) is 50.1 Å². The number of nitrogens with zero attached hydrogens (tertiary/aromatic N) is 3. The van der Waals surface area contributed by atoms with E-state index < -0.39 is 0 Å². The molecule has 5 heteroatoms. The summed E-state index contributed by atoms with van der Waals surface area (Å²) in [5.74, 6) is 1.08. The molecule has 2 aromatic heterocycles. The zero-order valence-electron chi connectivity index (χ0n) is 14.7. The van der Waals surface area contributed by atoms with Gasteiger partial charge in [0.15, 0.2) is 0 Å². The highest BCUT2D eigenvalue weighted by atomic mass is 15.3. The number of hydrogen-bond acceptors (Lipinski definition) is 3. The fraction of sp³-hybridized carbons (Fsp3) is 0.450. The van der Waals surface area contributed by atoms with E-state index in [0.29, 0.717) is 0 Å². The Labute approximate surface area is 149 Å². The Morgan fingerprint density at radius 3 is 2.56 bits per heavy atom. The number of benzene rings is 1. The molecule has 0 bridgehead atoms. The maximum Gasteiger partial charge on any atom is 0.121 e. The number of aromatic amines is 2. The first-order chi connectivity index (χ1) is 12.4. The van der Waals surface area contributed by atoms with Gasteiger partial charge in [-0.25, -0.2) is 4.98 Å². The number of fused-ring (bicyclic) bond motifs is 1. The van der Waals surface area contributed by atoms with Crippen LogP contribution in [-0.4, -0.2) is 57.5 Å². The first-order valence-corrected chi connectivity index (χ1v) is 9.37. The molecular weight excluding hydrogens is 310 g/mol. The Kier molecular flexibility index (Phi) is 5.14. The van der Waals surface area contributed by atoms with Crippen molar-refractivity contribution in [2.45, 2.75) is 25.8 Å². The van der Waals surface area contributed by atoms with Crippen LogP contribution in [0.3, 0.4) is 0 Å². The minimum Gasteiger partial charge on any atom is -0.365 e. The molecule has 0 radical (unpaired) electrons. The smallest absolute Gasteiger partial charge is 0.121 e. The van der Waals surface area contributed by atoms with Crippen LogP contribution in [0.2, 0.25) is 0 Å². The van der Waals surface area contributed by atoms with Crippen molar-refractivity contribution in [3.63, 3.8) is 0 Å². The molecule has 1 aromatic carbocycles. The van der Waals surface area contributed by atoms with Crippen molar-refractivity contribution in [2.24, 2.45) is 0 Å². The van der Waals surface area contributed by atoms with Crippen molar-refractivity contribution in [3.8, 4) is 0 Å². The Morgan fingerprint density at radius 1 is 0.920 bits per heavy atom. The highest BCUT2D eigenvalue weighted by molar-refractivity contribution is 5.74. The zero-order valence-corrected chi connectivity index (χ0v) is 14.7. The number of para-hydroxylation sites is 2. The third-order valence-electron chi connectivity index (χ3n) is 5.11. The summed E-state index contributed by atoms with van der Waals surface area (Å²) in [6, 6.07) is 12.5. The molecule has 0 unspecified atom stereocenters. The summed E-state index contributed by atoms with van der Waals surface area (Å²) in [6.07, 6.45) is 5.72. The van der Waals surface area contributed by atoms with Crippen LogP contribution >= 0.6 is 0 Å². The number of piperazine rings is 1. The van der Waals surface area contributed by atoms with Gasteiger partial charge in [0.1, 0.15) is 5.82 Å². The van der Waals surface area contributed by atoms with Gasteiger partial charge in [-0.3, -0.25) is 4.90 Å². The summed E-state index contributed by atoms with van der Waals surface area (Å²) >= 11 is 0. The number of imidazole rings is 1. The van der Waals surface area contributed by atoms with Crippen molar-refractivity contribution in [1.29, 1.82) is 0 Å². The van der Waals surface area contributed by atoms with Gasteiger partial charge in [0.25, 0.3) is 0 Å². The molecule has 1 fully saturated rings. The van der Waals surface area contributed by atoms with Crippen molar-refractivity contribution >= 4 is 11.0 Å². The van der Waals surface area contributed by atoms with Crippen molar-refractivity contribution in [1.82, 2.24) is 24.8 Å². The molecule has 1 saturated heterocycles. The molecule has 1 aliphatic rings. The van der Waals surface area contributed by atoms with Gasteiger partial charge in [-0.15, -0.1) is 0 Å². The number of H-pyrrole nitrogens is 2.